The van der Waals surface area contributed by atoms with E-state index in [1.807, 2.05) is 6.92 Å². The molecule has 2 atom stereocenters. The molecule has 2 N–H and O–H groups in total. The first kappa shape index (κ1) is 18.0. The first-order valence-electron chi connectivity index (χ1n) is 6.11. The first-order chi connectivity index (χ1) is 9.43. The van der Waals surface area contributed by atoms with Gasteiger partial charge in [-0.15, -0.1) is 0 Å². The normalized spacial score (nSPS) is 14.1. The maximum atomic E-state index is 9.84. The first-order valence-corrected chi connectivity index (χ1v) is 7.66. The molecule has 4 nitrogen and oxygen atoms in total. The highest BCUT2D eigenvalue weighted by Gasteiger charge is 2.11. The molecular formula is C13H18BrCl2NO3. The van der Waals surface area contributed by atoms with Gasteiger partial charge >= 0.3 is 0 Å². The SMILES string of the molecule is COCC(C)OCC(O)CNc1c(Cl)cc(Br)cc1Cl. The van der Waals surface area contributed by atoms with Crippen LogP contribution in [0.3, 0.4) is 0 Å². The van der Waals surface area contributed by atoms with Crippen LogP contribution in [0.2, 0.25) is 10.0 Å². The number of anilines is 1. The fourth-order valence-electron chi connectivity index (χ4n) is 1.55. The number of hydrogen-bond donors (Lipinski definition) is 2. The van der Waals surface area contributed by atoms with Crippen LogP contribution in [0.25, 0.3) is 0 Å². The van der Waals surface area contributed by atoms with Gasteiger partial charge in [0.15, 0.2) is 0 Å². The van der Waals surface area contributed by atoms with E-state index in [1.54, 1.807) is 19.2 Å². The van der Waals surface area contributed by atoms with Crippen LogP contribution < -0.4 is 5.32 Å². The molecule has 7 heteroatoms. The van der Waals surface area contributed by atoms with Crippen LogP contribution in [0.5, 0.6) is 0 Å². The van der Waals surface area contributed by atoms with Crippen molar-refractivity contribution in [2.24, 2.45) is 0 Å². The largest absolute Gasteiger partial charge is 0.389 e. The molecule has 114 valence electrons. The molecular weight excluding hydrogens is 369 g/mol. The van der Waals surface area contributed by atoms with Gasteiger partial charge in [0, 0.05) is 18.1 Å². The van der Waals surface area contributed by atoms with Gasteiger partial charge in [0.1, 0.15) is 0 Å². The second-order valence-electron chi connectivity index (χ2n) is 4.38. The average molecular weight is 387 g/mol. The van der Waals surface area contributed by atoms with Crippen molar-refractivity contribution in [2.75, 3.05) is 32.2 Å². The minimum atomic E-state index is -0.662. The van der Waals surface area contributed by atoms with Crippen LogP contribution in [0, 0.1) is 0 Å². The Kier molecular flexibility index (Phi) is 8.17. The quantitative estimate of drug-likeness (QED) is 0.716. The summed E-state index contributed by atoms with van der Waals surface area (Å²) < 4.78 is 11.2. The highest BCUT2D eigenvalue weighted by molar-refractivity contribution is 9.10. The van der Waals surface area contributed by atoms with E-state index in [2.05, 4.69) is 21.2 Å². The van der Waals surface area contributed by atoms with Gasteiger partial charge in [-0.3, -0.25) is 0 Å². The molecule has 0 aromatic heterocycles. The Labute approximate surface area is 137 Å². The lowest BCUT2D eigenvalue weighted by Gasteiger charge is -2.17. The highest BCUT2D eigenvalue weighted by Crippen LogP contribution is 2.33. The van der Waals surface area contributed by atoms with Gasteiger partial charge in [-0.25, -0.2) is 0 Å². The number of halogens is 3. The van der Waals surface area contributed by atoms with Crippen molar-refractivity contribution in [1.29, 1.82) is 0 Å². The second kappa shape index (κ2) is 9.07. The molecule has 0 aliphatic heterocycles. The lowest BCUT2D eigenvalue weighted by molar-refractivity contribution is -0.0282. The van der Waals surface area contributed by atoms with Crippen molar-refractivity contribution in [3.63, 3.8) is 0 Å². The topological polar surface area (TPSA) is 50.7 Å². The summed E-state index contributed by atoms with van der Waals surface area (Å²) in [5, 5.41) is 13.8. The summed E-state index contributed by atoms with van der Waals surface area (Å²) in [6.45, 7) is 2.88. The molecule has 0 amide bonds. The zero-order chi connectivity index (χ0) is 15.1. The van der Waals surface area contributed by atoms with Crippen LogP contribution in [0.4, 0.5) is 5.69 Å². The van der Waals surface area contributed by atoms with E-state index in [9.17, 15) is 5.11 Å². The second-order valence-corrected chi connectivity index (χ2v) is 6.11. The predicted molar refractivity (Wildman–Crippen MR) is 85.9 cm³/mol. The molecule has 0 saturated heterocycles. The van der Waals surface area contributed by atoms with Gasteiger partial charge in [-0.2, -0.15) is 0 Å². The van der Waals surface area contributed by atoms with E-state index >= 15 is 0 Å². The summed E-state index contributed by atoms with van der Waals surface area (Å²) in [6, 6.07) is 3.47. The number of hydrogen-bond acceptors (Lipinski definition) is 4. The fraction of sp³-hybridized carbons (Fsp3) is 0.538. The third-order valence-corrected chi connectivity index (χ3v) is 3.55. The summed E-state index contributed by atoms with van der Waals surface area (Å²) in [4.78, 5) is 0. The van der Waals surface area contributed by atoms with Crippen molar-refractivity contribution in [3.8, 4) is 0 Å². The molecule has 20 heavy (non-hydrogen) atoms. The summed E-state index contributed by atoms with van der Waals surface area (Å²) in [6.07, 6.45) is -0.723. The minimum Gasteiger partial charge on any atom is -0.389 e. The van der Waals surface area contributed by atoms with Crippen molar-refractivity contribution in [3.05, 3.63) is 26.7 Å². The van der Waals surface area contributed by atoms with E-state index in [-0.39, 0.29) is 12.7 Å². The van der Waals surface area contributed by atoms with Crippen LogP contribution in [0.1, 0.15) is 6.92 Å². The maximum Gasteiger partial charge on any atom is 0.0945 e. The molecule has 0 heterocycles. The van der Waals surface area contributed by atoms with Gasteiger partial charge in [-0.05, 0) is 19.1 Å². The number of rotatable bonds is 8. The van der Waals surface area contributed by atoms with Crippen LogP contribution >= 0.6 is 39.1 Å². The number of benzene rings is 1. The Bertz CT molecular complexity index is 411. The van der Waals surface area contributed by atoms with E-state index in [1.165, 1.54) is 0 Å². The number of aliphatic hydroxyl groups is 1. The van der Waals surface area contributed by atoms with E-state index in [0.717, 1.165) is 4.47 Å². The highest BCUT2D eigenvalue weighted by atomic mass is 79.9. The van der Waals surface area contributed by atoms with Crippen molar-refractivity contribution in [2.45, 2.75) is 19.1 Å². The molecule has 0 radical (unpaired) electrons. The molecule has 2 unspecified atom stereocenters. The molecule has 0 aliphatic rings. The Balaban J connectivity index is 2.43. The van der Waals surface area contributed by atoms with Gasteiger partial charge < -0.3 is 19.9 Å². The van der Waals surface area contributed by atoms with Crippen LogP contribution in [-0.4, -0.2) is 44.2 Å². The zero-order valence-electron chi connectivity index (χ0n) is 11.3. The summed E-state index contributed by atoms with van der Waals surface area (Å²) in [5.41, 5.74) is 0.598. The van der Waals surface area contributed by atoms with E-state index in [4.69, 9.17) is 32.7 Å². The van der Waals surface area contributed by atoms with Crippen molar-refractivity contribution in [1.82, 2.24) is 0 Å². The Hall–Kier alpha value is -0.0400. The molecule has 0 fully saturated rings. The Morgan fingerprint density at radius 2 is 1.90 bits per heavy atom. The van der Waals surface area contributed by atoms with E-state index in [0.29, 0.717) is 28.9 Å². The van der Waals surface area contributed by atoms with Gasteiger partial charge in [-0.1, -0.05) is 39.1 Å². The van der Waals surface area contributed by atoms with Crippen molar-refractivity contribution >= 4 is 44.8 Å². The summed E-state index contributed by atoms with van der Waals surface area (Å²) in [7, 11) is 1.61. The van der Waals surface area contributed by atoms with Gasteiger partial charge in [0.2, 0.25) is 0 Å². The molecule has 1 rings (SSSR count). The molecule has 0 aliphatic carbocycles. The number of nitrogens with one attached hydrogen (secondary N) is 1. The lowest BCUT2D eigenvalue weighted by atomic mass is 10.3. The third-order valence-electron chi connectivity index (χ3n) is 2.50. The Morgan fingerprint density at radius 1 is 1.30 bits per heavy atom. The molecule has 0 spiro atoms. The summed E-state index contributed by atoms with van der Waals surface area (Å²) >= 11 is 15.5. The number of aliphatic hydroxyl groups excluding tert-OH is 1. The minimum absolute atomic E-state index is 0.0606. The van der Waals surface area contributed by atoms with Gasteiger partial charge in [0.05, 0.1) is 41.2 Å². The Morgan fingerprint density at radius 3 is 2.45 bits per heavy atom. The van der Waals surface area contributed by atoms with Crippen LogP contribution in [-0.2, 0) is 9.47 Å². The number of ether oxygens (including phenoxy) is 2. The van der Waals surface area contributed by atoms with Crippen LogP contribution in [0.15, 0.2) is 16.6 Å². The maximum absolute atomic E-state index is 9.84. The molecule has 0 bridgehead atoms. The lowest BCUT2D eigenvalue weighted by Crippen LogP contribution is -2.28. The smallest absolute Gasteiger partial charge is 0.0945 e. The summed E-state index contributed by atoms with van der Waals surface area (Å²) in [5.74, 6) is 0. The van der Waals surface area contributed by atoms with Crippen molar-refractivity contribution < 1.29 is 14.6 Å². The average Bonchev–Trinajstić information content (AvgIpc) is 2.35. The number of methoxy groups -OCH3 is 1. The molecule has 1 aromatic carbocycles. The predicted octanol–water partition coefficient (Wildman–Crippen LogP) is 3.58. The third kappa shape index (κ3) is 6.16. The fourth-order valence-corrected chi connectivity index (χ4v) is 2.89. The van der Waals surface area contributed by atoms with Gasteiger partial charge in [0.25, 0.3) is 0 Å². The monoisotopic (exact) mass is 385 g/mol. The zero-order valence-corrected chi connectivity index (χ0v) is 14.4. The van der Waals surface area contributed by atoms with E-state index < -0.39 is 6.10 Å². The molecule has 0 saturated carbocycles. The standard InChI is InChI=1S/C13H18BrCl2NO3/c1-8(6-19-2)20-7-10(18)5-17-13-11(15)3-9(14)4-12(13)16/h3-4,8,10,17-18H,5-7H2,1-2H3. The molecule has 1 aromatic rings.